The number of carbonyl (C=O) groups excluding carboxylic acids is 2. The van der Waals surface area contributed by atoms with Crippen LogP contribution in [0.15, 0.2) is 120 Å². The molecule has 0 aromatic heterocycles. The van der Waals surface area contributed by atoms with Crippen molar-refractivity contribution in [3.8, 4) is 5.75 Å². The first-order valence-electron chi connectivity index (χ1n) is 17.7. The van der Waals surface area contributed by atoms with E-state index in [1.807, 2.05) is 95.4 Å². The number of phenolic OH excluding ortho intramolecular Hbond substituents is 1. The minimum atomic E-state index is -0.916. The highest BCUT2D eigenvalue weighted by atomic mass is 16.5. The lowest BCUT2D eigenvalue weighted by atomic mass is 9.98. The molecule has 6 atom stereocenters. The van der Waals surface area contributed by atoms with E-state index in [0.29, 0.717) is 25.7 Å². The average molecular weight is 718 g/mol. The largest absolute Gasteiger partial charge is 0.508 e. The molecule has 0 heterocycles. The molecule has 0 aliphatic rings. The number of aliphatic carboxylic acids is 1. The van der Waals surface area contributed by atoms with Crippen molar-refractivity contribution < 1.29 is 39.5 Å². The summed E-state index contributed by atoms with van der Waals surface area (Å²) < 4.78 is 5.32. The standard InChI is InChI=1S/C43H59NO8/c1-30(14-8-9-17-32(3)41(52-7)35(6)43(50)51)15-12-20-39(47)29-40(48)21-13-16-31(2)22-23-34(5)44-42(49)33(4)18-10-11-19-38(46)28-36-24-26-37(45)27-25-36/h8-17,21-27,33-35,38-39,41,45-47H,18-20,28-29H2,1-7H3,(H,44,49)(H,50,51)/b9-8+,11-10+,15-12+,21-13+,23-22+,30-14+,31-16+,32-17+/t33-,34+,35-,38+,39+,41-/m0/s1. The van der Waals surface area contributed by atoms with E-state index in [-0.39, 0.29) is 35.8 Å². The molecule has 1 amide bonds. The number of carbonyl (C=O) groups is 3. The number of hydrogen-bond donors (Lipinski definition) is 5. The molecule has 0 aliphatic heterocycles. The Morgan fingerprint density at radius 2 is 1.38 bits per heavy atom. The fraction of sp³-hybridized carbons (Fsp3) is 0.419. The number of carboxylic acid groups (broad SMARTS) is 1. The van der Waals surface area contributed by atoms with Crippen LogP contribution in [0.4, 0.5) is 0 Å². The second-order valence-electron chi connectivity index (χ2n) is 13.2. The van der Waals surface area contributed by atoms with E-state index in [0.717, 1.165) is 22.3 Å². The van der Waals surface area contributed by atoms with Crippen LogP contribution in [0.2, 0.25) is 0 Å². The number of aliphatic hydroxyl groups excluding tert-OH is 2. The minimum Gasteiger partial charge on any atom is -0.508 e. The molecule has 9 nitrogen and oxygen atoms in total. The van der Waals surface area contributed by atoms with Gasteiger partial charge in [-0.2, -0.15) is 0 Å². The number of methoxy groups -OCH3 is 1. The number of ether oxygens (including phenoxy) is 1. The predicted molar refractivity (Wildman–Crippen MR) is 209 cm³/mol. The lowest BCUT2D eigenvalue weighted by Gasteiger charge is -2.19. The average Bonchev–Trinajstić information content (AvgIpc) is 3.08. The van der Waals surface area contributed by atoms with Crippen molar-refractivity contribution in [3.05, 3.63) is 126 Å². The monoisotopic (exact) mass is 717 g/mol. The summed E-state index contributed by atoms with van der Waals surface area (Å²) in [4.78, 5) is 36.2. The number of ketones is 1. The molecule has 0 radical (unpaired) electrons. The van der Waals surface area contributed by atoms with E-state index in [4.69, 9.17) is 4.74 Å². The molecule has 5 N–H and O–H groups in total. The third-order valence-electron chi connectivity index (χ3n) is 8.18. The molecule has 1 aromatic carbocycles. The molecule has 0 spiro atoms. The summed E-state index contributed by atoms with van der Waals surface area (Å²) >= 11 is 0. The lowest BCUT2D eigenvalue weighted by molar-refractivity contribution is -0.144. The molecule has 0 aliphatic carbocycles. The van der Waals surface area contributed by atoms with Gasteiger partial charge in [0.2, 0.25) is 5.91 Å². The molecule has 0 saturated heterocycles. The third kappa shape index (κ3) is 20.3. The zero-order chi connectivity index (χ0) is 39.1. The van der Waals surface area contributed by atoms with Gasteiger partial charge in [-0.15, -0.1) is 0 Å². The van der Waals surface area contributed by atoms with Gasteiger partial charge in [0.25, 0.3) is 0 Å². The number of phenols is 1. The molecule has 0 fully saturated rings. The van der Waals surface area contributed by atoms with Gasteiger partial charge in [0.15, 0.2) is 5.78 Å². The van der Waals surface area contributed by atoms with Crippen LogP contribution in [0, 0.1) is 11.8 Å². The van der Waals surface area contributed by atoms with Gasteiger partial charge in [0.1, 0.15) is 5.75 Å². The summed E-state index contributed by atoms with van der Waals surface area (Å²) in [6.45, 7) is 11.0. The van der Waals surface area contributed by atoms with Gasteiger partial charge >= 0.3 is 5.97 Å². The van der Waals surface area contributed by atoms with Crippen molar-refractivity contribution in [2.24, 2.45) is 11.8 Å². The highest BCUT2D eigenvalue weighted by molar-refractivity contribution is 5.90. The number of amides is 1. The van der Waals surface area contributed by atoms with Crippen LogP contribution in [-0.2, 0) is 25.5 Å². The number of aromatic hydroxyl groups is 1. The Kier molecular flexibility index (Phi) is 22.2. The molecular weight excluding hydrogens is 658 g/mol. The van der Waals surface area contributed by atoms with Gasteiger partial charge in [-0.1, -0.05) is 103 Å². The molecule has 0 bridgehead atoms. The van der Waals surface area contributed by atoms with Gasteiger partial charge in [0, 0.05) is 25.5 Å². The van der Waals surface area contributed by atoms with E-state index in [9.17, 15) is 34.8 Å². The van der Waals surface area contributed by atoms with Gasteiger partial charge in [-0.3, -0.25) is 14.4 Å². The van der Waals surface area contributed by atoms with Crippen LogP contribution in [0.3, 0.4) is 0 Å². The van der Waals surface area contributed by atoms with Gasteiger partial charge < -0.3 is 30.5 Å². The maximum atomic E-state index is 12.6. The fourth-order valence-corrected chi connectivity index (χ4v) is 5.00. The zero-order valence-electron chi connectivity index (χ0n) is 31.7. The van der Waals surface area contributed by atoms with Gasteiger partial charge in [-0.25, -0.2) is 0 Å². The second-order valence-corrected chi connectivity index (χ2v) is 13.2. The number of hydrogen-bond acceptors (Lipinski definition) is 7. The van der Waals surface area contributed by atoms with Crippen LogP contribution >= 0.6 is 0 Å². The Morgan fingerprint density at radius 1 is 0.788 bits per heavy atom. The Hall–Kier alpha value is -4.57. The van der Waals surface area contributed by atoms with Crippen molar-refractivity contribution in [2.45, 2.75) is 98.0 Å². The number of nitrogens with one attached hydrogen (secondary N) is 1. The molecule has 1 aromatic rings. The van der Waals surface area contributed by atoms with E-state index in [2.05, 4.69) is 5.32 Å². The van der Waals surface area contributed by atoms with E-state index in [1.165, 1.54) is 13.2 Å². The normalized spacial score (nSPS) is 16.9. The maximum absolute atomic E-state index is 12.6. The predicted octanol–water partition coefficient (Wildman–Crippen LogP) is 7.28. The first-order chi connectivity index (χ1) is 24.6. The van der Waals surface area contributed by atoms with E-state index < -0.39 is 30.2 Å². The Bertz CT molecular complexity index is 1510. The molecule has 9 heteroatoms. The molecule has 0 unspecified atom stereocenters. The number of benzene rings is 1. The Morgan fingerprint density at radius 3 is 2.04 bits per heavy atom. The first-order valence-corrected chi connectivity index (χ1v) is 17.7. The smallest absolute Gasteiger partial charge is 0.309 e. The highest BCUT2D eigenvalue weighted by Gasteiger charge is 2.24. The number of carboxylic acids is 1. The minimum absolute atomic E-state index is 0.00254. The number of allylic oxidation sites excluding steroid dienone is 12. The molecule has 284 valence electrons. The SMILES string of the molecule is CO[C@@H](/C(C)=C/C=C/C=C(C)/C=C/C[C@@H](O)CC(=O)/C=C/C=C(C)/C=C/[C@@H](C)NC(=O)[C@@H](C)C/C=C/C[C@@H](O)Cc1ccc(O)cc1)[C@H](C)C(=O)O. The Labute approximate surface area is 310 Å². The van der Waals surface area contributed by atoms with Crippen LogP contribution < -0.4 is 5.32 Å². The quantitative estimate of drug-likeness (QED) is 0.0450. The lowest BCUT2D eigenvalue weighted by Crippen LogP contribution is -2.35. The van der Waals surface area contributed by atoms with Gasteiger partial charge in [0.05, 0.1) is 24.2 Å². The van der Waals surface area contributed by atoms with Crippen molar-refractivity contribution >= 4 is 17.7 Å². The summed E-state index contributed by atoms with van der Waals surface area (Å²) in [5, 5.41) is 42.1. The Balaban J connectivity index is 2.43. The fourth-order valence-electron chi connectivity index (χ4n) is 5.00. The first kappa shape index (κ1) is 45.5. The van der Waals surface area contributed by atoms with E-state index >= 15 is 0 Å². The number of aliphatic hydroxyl groups is 2. The zero-order valence-corrected chi connectivity index (χ0v) is 31.7. The van der Waals surface area contributed by atoms with Crippen molar-refractivity contribution in [2.75, 3.05) is 7.11 Å². The highest BCUT2D eigenvalue weighted by Crippen LogP contribution is 2.17. The third-order valence-corrected chi connectivity index (χ3v) is 8.18. The van der Waals surface area contributed by atoms with Crippen molar-refractivity contribution in [3.63, 3.8) is 0 Å². The summed E-state index contributed by atoms with van der Waals surface area (Å²) in [5.74, 6) is -1.86. The van der Waals surface area contributed by atoms with Crippen LogP contribution in [0.25, 0.3) is 0 Å². The second kappa shape index (κ2) is 25.4. The van der Waals surface area contributed by atoms with Crippen molar-refractivity contribution in [1.29, 1.82) is 0 Å². The van der Waals surface area contributed by atoms with E-state index in [1.54, 1.807) is 43.3 Å². The molecular formula is C43H59NO8. The van der Waals surface area contributed by atoms with Crippen LogP contribution in [0.1, 0.15) is 72.8 Å². The molecule has 0 saturated carbocycles. The van der Waals surface area contributed by atoms with Crippen molar-refractivity contribution in [1.82, 2.24) is 5.32 Å². The molecule has 1 rings (SSSR count). The summed E-state index contributed by atoms with van der Waals surface area (Å²) in [5.41, 5.74) is 3.59. The summed E-state index contributed by atoms with van der Waals surface area (Å²) in [6, 6.07) is 6.57. The van der Waals surface area contributed by atoms with Crippen LogP contribution in [-0.4, -0.2) is 69.5 Å². The van der Waals surface area contributed by atoms with Gasteiger partial charge in [-0.05, 0) is 89.6 Å². The summed E-state index contributed by atoms with van der Waals surface area (Å²) in [6.07, 6.45) is 23.5. The maximum Gasteiger partial charge on any atom is 0.309 e. The number of rotatable bonds is 23. The topological polar surface area (TPSA) is 153 Å². The molecule has 52 heavy (non-hydrogen) atoms. The van der Waals surface area contributed by atoms with Crippen LogP contribution in [0.5, 0.6) is 5.75 Å². The summed E-state index contributed by atoms with van der Waals surface area (Å²) in [7, 11) is 1.49.